The molecule has 39 heavy (non-hydrogen) atoms. The lowest BCUT2D eigenvalue weighted by Gasteiger charge is -2.25. The third-order valence-corrected chi connectivity index (χ3v) is 8.14. The molecule has 0 atom stereocenters. The number of nitrogens with one attached hydrogen (secondary N) is 1. The number of hydrazone groups is 1. The van der Waals surface area contributed by atoms with Crippen LogP contribution >= 0.6 is 11.6 Å². The second-order valence-corrected chi connectivity index (χ2v) is 11.1. The highest BCUT2D eigenvalue weighted by Gasteiger charge is 2.28. The molecule has 0 fully saturated rings. The zero-order chi connectivity index (χ0) is 27.8. The van der Waals surface area contributed by atoms with Gasteiger partial charge in [0.2, 0.25) is 0 Å². The third kappa shape index (κ3) is 7.04. The van der Waals surface area contributed by atoms with Crippen LogP contribution in [-0.2, 0) is 21.4 Å². The van der Waals surface area contributed by atoms with E-state index in [1.807, 2.05) is 55.5 Å². The van der Waals surface area contributed by atoms with Crippen LogP contribution in [0.15, 0.2) is 107 Å². The number of halogens is 1. The van der Waals surface area contributed by atoms with Gasteiger partial charge in [-0.25, -0.2) is 13.8 Å². The van der Waals surface area contributed by atoms with Gasteiger partial charge in [0.05, 0.1) is 16.8 Å². The first-order valence-electron chi connectivity index (χ1n) is 12.2. The molecule has 0 bridgehead atoms. The molecule has 4 aromatic carbocycles. The highest BCUT2D eigenvalue weighted by molar-refractivity contribution is 7.92. The summed E-state index contributed by atoms with van der Waals surface area (Å²) in [5.74, 6) is -0.0264. The lowest BCUT2D eigenvalue weighted by Crippen LogP contribution is -2.40. The number of amides is 1. The van der Waals surface area contributed by atoms with E-state index < -0.39 is 22.5 Å². The van der Waals surface area contributed by atoms with Crippen molar-refractivity contribution in [1.29, 1.82) is 0 Å². The minimum absolute atomic E-state index is 0.0632. The quantitative estimate of drug-likeness (QED) is 0.193. The zero-order valence-electron chi connectivity index (χ0n) is 21.5. The Morgan fingerprint density at radius 3 is 2.36 bits per heavy atom. The maximum atomic E-state index is 13.6. The molecule has 4 aromatic rings. The van der Waals surface area contributed by atoms with E-state index in [-0.39, 0.29) is 4.90 Å². The van der Waals surface area contributed by atoms with Crippen molar-refractivity contribution in [3.05, 3.63) is 124 Å². The van der Waals surface area contributed by atoms with Crippen molar-refractivity contribution < 1.29 is 17.9 Å². The first kappa shape index (κ1) is 27.9. The van der Waals surface area contributed by atoms with Gasteiger partial charge >= 0.3 is 0 Å². The molecule has 200 valence electrons. The summed E-state index contributed by atoms with van der Waals surface area (Å²) >= 11 is 6.28. The van der Waals surface area contributed by atoms with Crippen LogP contribution in [0.3, 0.4) is 0 Å². The summed E-state index contributed by atoms with van der Waals surface area (Å²) in [6.45, 7) is 3.45. The Morgan fingerprint density at radius 2 is 1.62 bits per heavy atom. The van der Waals surface area contributed by atoms with Gasteiger partial charge in [-0.3, -0.25) is 9.10 Å². The lowest BCUT2D eigenvalue weighted by molar-refractivity contribution is -0.119. The number of sulfonamides is 1. The molecule has 1 N–H and O–H groups in total. The molecule has 7 nitrogen and oxygen atoms in total. The van der Waals surface area contributed by atoms with Gasteiger partial charge in [0.25, 0.3) is 15.9 Å². The number of para-hydroxylation sites is 1. The molecule has 0 aliphatic rings. The number of carbonyl (C=O) groups excluding carboxylic acids is 1. The highest BCUT2D eigenvalue weighted by atomic mass is 35.5. The molecule has 0 aliphatic heterocycles. The smallest absolute Gasteiger partial charge is 0.264 e. The molecule has 0 aliphatic carbocycles. The number of nitrogens with zero attached hydrogens (tertiary/aromatic N) is 2. The van der Waals surface area contributed by atoms with Crippen molar-refractivity contribution in [2.45, 2.75) is 25.3 Å². The molecule has 0 saturated carbocycles. The Hall–Kier alpha value is -4.14. The molecule has 9 heteroatoms. The molecule has 0 aromatic heterocycles. The van der Waals surface area contributed by atoms with Crippen LogP contribution in [0.5, 0.6) is 5.75 Å². The summed E-state index contributed by atoms with van der Waals surface area (Å²) in [6.07, 6.45) is 1.46. The van der Waals surface area contributed by atoms with Crippen molar-refractivity contribution >= 4 is 39.4 Å². The second-order valence-electron chi connectivity index (χ2n) is 8.81. The minimum atomic E-state index is -4.08. The van der Waals surface area contributed by atoms with Gasteiger partial charge in [-0.15, -0.1) is 0 Å². The Kier molecular flexibility index (Phi) is 9.01. The summed E-state index contributed by atoms with van der Waals surface area (Å²) < 4.78 is 34.2. The average Bonchev–Trinajstić information content (AvgIpc) is 2.93. The molecule has 0 heterocycles. The van der Waals surface area contributed by atoms with Crippen molar-refractivity contribution in [1.82, 2.24) is 5.43 Å². The van der Waals surface area contributed by atoms with E-state index in [2.05, 4.69) is 10.5 Å². The van der Waals surface area contributed by atoms with Crippen LogP contribution in [0.2, 0.25) is 5.02 Å². The van der Waals surface area contributed by atoms with Crippen LogP contribution in [-0.4, -0.2) is 27.1 Å². The maximum absolute atomic E-state index is 13.6. The van der Waals surface area contributed by atoms with Crippen LogP contribution in [0.1, 0.15) is 22.3 Å². The SMILES string of the molecule is Cc1ccc(S(=O)(=O)N(CC(=O)N/N=C\c2ccccc2OCc2ccccc2)c2cccc(Cl)c2C)cc1. The topological polar surface area (TPSA) is 88.1 Å². The average molecular weight is 562 g/mol. The normalized spacial score (nSPS) is 11.4. The van der Waals surface area contributed by atoms with Gasteiger partial charge in [-0.05, 0) is 61.4 Å². The van der Waals surface area contributed by atoms with E-state index in [1.54, 1.807) is 43.3 Å². The fourth-order valence-electron chi connectivity index (χ4n) is 3.80. The van der Waals surface area contributed by atoms with E-state index in [1.165, 1.54) is 18.3 Å². The first-order chi connectivity index (χ1) is 18.8. The van der Waals surface area contributed by atoms with Crippen LogP contribution in [0.4, 0.5) is 5.69 Å². The summed E-state index contributed by atoms with van der Waals surface area (Å²) in [5.41, 5.74) is 5.87. The molecular weight excluding hydrogens is 534 g/mol. The van der Waals surface area contributed by atoms with Gasteiger partial charge < -0.3 is 4.74 Å². The van der Waals surface area contributed by atoms with Crippen molar-refractivity contribution in [3.8, 4) is 5.75 Å². The van der Waals surface area contributed by atoms with Crippen molar-refractivity contribution in [3.63, 3.8) is 0 Å². The summed E-state index contributed by atoms with van der Waals surface area (Å²) in [4.78, 5) is 13.0. The van der Waals surface area contributed by atoms with E-state index >= 15 is 0 Å². The van der Waals surface area contributed by atoms with Gasteiger partial charge in [0.1, 0.15) is 18.9 Å². The summed E-state index contributed by atoms with van der Waals surface area (Å²) in [6, 6.07) is 28.4. The number of aryl methyl sites for hydroxylation is 1. The molecule has 0 spiro atoms. The van der Waals surface area contributed by atoms with Crippen molar-refractivity contribution in [2.24, 2.45) is 5.10 Å². The maximum Gasteiger partial charge on any atom is 0.264 e. The Balaban J connectivity index is 1.52. The molecule has 4 rings (SSSR count). The minimum Gasteiger partial charge on any atom is -0.488 e. The number of carbonyl (C=O) groups is 1. The molecular formula is C30H28ClN3O4S. The van der Waals surface area contributed by atoms with Gasteiger partial charge in [0, 0.05) is 10.6 Å². The number of rotatable bonds is 10. The summed E-state index contributed by atoms with van der Waals surface area (Å²) in [5, 5.41) is 4.45. The zero-order valence-corrected chi connectivity index (χ0v) is 23.1. The lowest BCUT2D eigenvalue weighted by atomic mass is 10.2. The first-order valence-corrected chi connectivity index (χ1v) is 14.0. The largest absolute Gasteiger partial charge is 0.488 e. The van der Waals surface area contributed by atoms with Crippen LogP contribution in [0.25, 0.3) is 0 Å². The fraction of sp³-hybridized carbons (Fsp3) is 0.133. The Morgan fingerprint density at radius 1 is 0.923 bits per heavy atom. The Bertz CT molecular complexity index is 1570. The fourth-order valence-corrected chi connectivity index (χ4v) is 5.44. The predicted octanol–water partition coefficient (Wildman–Crippen LogP) is 5.88. The predicted molar refractivity (Wildman–Crippen MR) is 155 cm³/mol. The molecule has 0 radical (unpaired) electrons. The number of hydrogen-bond acceptors (Lipinski definition) is 5. The second kappa shape index (κ2) is 12.6. The van der Waals surface area contributed by atoms with E-state index in [0.717, 1.165) is 15.4 Å². The van der Waals surface area contributed by atoms with Crippen LogP contribution < -0.4 is 14.5 Å². The molecule has 0 unspecified atom stereocenters. The number of hydrogen-bond donors (Lipinski definition) is 1. The van der Waals surface area contributed by atoms with Gasteiger partial charge in [0.15, 0.2) is 0 Å². The molecule has 1 amide bonds. The van der Waals surface area contributed by atoms with Gasteiger partial charge in [-0.1, -0.05) is 77.8 Å². The third-order valence-electron chi connectivity index (χ3n) is 5.95. The summed E-state index contributed by atoms with van der Waals surface area (Å²) in [7, 11) is -4.08. The standard InChI is InChI=1S/C30H28ClN3O4S/c1-22-15-17-26(18-16-22)39(36,37)34(28-13-8-12-27(31)23(28)2)20-30(35)33-32-19-25-11-6-7-14-29(25)38-21-24-9-4-3-5-10-24/h3-19H,20-21H2,1-2H3,(H,33,35)/b32-19-. The highest BCUT2D eigenvalue weighted by Crippen LogP contribution is 2.31. The number of benzene rings is 4. The van der Waals surface area contributed by atoms with Crippen LogP contribution in [0, 0.1) is 13.8 Å². The van der Waals surface area contributed by atoms with E-state index in [4.69, 9.17) is 16.3 Å². The Labute approximate surface area is 233 Å². The number of anilines is 1. The monoisotopic (exact) mass is 561 g/mol. The van der Waals surface area contributed by atoms with Gasteiger partial charge in [-0.2, -0.15) is 5.10 Å². The molecule has 0 saturated heterocycles. The van der Waals surface area contributed by atoms with E-state index in [0.29, 0.717) is 34.2 Å². The van der Waals surface area contributed by atoms with E-state index in [9.17, 15) is 13.2 Å². The number of ether oxygens (including phenoxy) is 1. The van der Waals surface area contributed by atoms with Crippen molar-refractivity contribution in [2.75, 3.05) is 10.8 Å².